The molecule has 2 aromatic rings. The number of aromatic amines is 1. The van der Waals surface area contributed by atoms with Crippen LogP contribution in [-0.4, -0.2) is 57.4 Å². The smallest absolute Gasteiger partial charge is 0.346 e. The Bertz CT molecular complexity index is 1270. The molecule has 2 heterocycles. The van der Waals surface area contributed by atoms with Crippen LogP contribution in [0.2, 0.25) is 5.02 Å². The van der Waals surface area contributed by atoms with E-state index < -0.39 is 61.8 Å². The molecular formula is C23H28ClFN3O9P. The molecule has 3 rings (SSSR count). The Morgan fingerprint density at radius 3 is 2.71 bits per heavy atom. The number of hydrogen-bond acceptors (Lipinski definition) is 10. The van der Waals surface area contributed by atoms with E-state index in [2.05, 4.69) is 4.74 Å². The minimum Gasteiger partial charge on any atom is -0.583 e. The third-order valence-corrected chi connectivity index (χ3v) is 6.97. The van der Waals surface area contributed by atoms with Crippen LogP contribution in [0, 0.1) is 0 Å². The maximum atomic E-state index is 15.8. The molecule has 38 heavy (non-hydrogen) atoms. The molecule has 208 valence electrons. The number of alkyl halides is 1. The first kappa shape index (κ1) is 29.9. The highest BCUT2D eigenvalue weighted by Crippen LogP contribution is 2.44. The number of aromatic nitrogens is 2. The summed E-state index contributed by atoms with van der Waals surface area (Å²) in [7, 11) is -2.87. The molecule has 0 amide bonds. The summed E-state index contributed by atoms with van der Waals surface area (Å²) >= 11 is 6.17. The Balaban J connectivity index is 1.92. The second kappa shape index (κ2) is 12.9. The van der Waals surface area contributed by atoms with Crippen molar-refractivity contribution in [3.8, 4) is 5.75 Å². The zero-order valence-corrected chi connectivity index (χ0v) is 22.4. The summed E-state index contributed by atoms with van der Waals surface area (Å²) < 4.78 is 42.5. The van der Waals surface area contributed by atoms with Gasteiger partial charge in [-0.3, -0.25) is 19.1 Å². The molecule has 1 aliphatic heterocycles. The predicted octanol–water partition coefficient (Wildman–Crippen LogP) is 2.19. The topological polar surface area (TPSA) is 164 Å². The summed E-state index contributed by atoms with van der Waals surface area (Å²) in [6, 6.07) is 6.49. The molecule has 1 aromatic heterocycles. The average Bonchev–Trinajstić information content (AvgIpc) is 3.11. The second-order valence-electron chi connectivity index (χ2n) is 8.54. The van der Waals surface area contributed by atoms with E-state index in [1.54, 1.807) is 26.0 Å². The first-order chi connectivity index (χ1) is 18.0. The molecule has 7 atom stereocenters. The van der Waals surface area contributed by atoms with E-state index in [0.717, 1.165) is 23.8 Å². The number of carbonyl (C=O) groups is 1. The molecule has 1 aliphatic rings. The number of aliphatic hydroxyl groups is 1. The lowest BCUT2D eigenvalue weighted by atomic mass is 9.98. The van der Waals surface area contributed by atoms with Crippen molar-refractivity contribution in [1.82, 2.24) is 9.55 Å². The van der Waals surface area contributed by atoms with Gasteiger partial charge in [-0.1, -0.05) is 42.3 Å². The van der Waals surface area contributed by atoms with Gasteiger partial charge in [0, 0.05) is 18.7 Å². The Hall–Kier alpha value is -2.67. The van der Waals surface area contributed by atoms with E-state index in [1.807, 2.05) is 4.98 Å². The number of para-hydroxylation sites is 1. The summed E-state index contributed by atoms with van der Waals surface area (Å²) in [6.45, 7) is 4.22. The quantitative estimate of drug-likeness (QED) is 0.232. The Morgan fingerprint density at radius 1 is 1.37 bits per heavy atom. The van der Waals surface area contributed by atoms with E-state index in [-0.39, 0.29) is 23.8 Å². The number of ether oxygens (including phenoxy) is 3. The number of halogens is 2. The van der Waals surface area contributed by atoms with Gasteiger partial charge in [-0.2, -0.15) is 0 Å². The van der Waals surface area contributed by atoms with Gasteiger partial charge in [-0.15, -0.1) is 4.52 Å². The largest absolute Gasteiger partial charge is 0.583 e. The van der Waals surface area contributed by atoms with E-state index in [0.29, 0.717) is 6.42 Å². The molecule has 0 saturated carbocycles. The fourth-order valence-corrected chi connectivity index (χ4v) is 4.65. The maximum Gasteiger partial charge on any atom is 0.346 e. The highest BCUT2D eigenvalue weighted by Gasteiger charge is 2.59. The number of H-pyrrole nitrogens is 1. The lowest BCUT2D eigenvalue weighted by Crippen LogP contribution is -2.46. The van der Waals surface area contributed by atoms with Gasteiger partial charge < -0.3 is 24.2 Å². The van der Waals surface area contributed by atoms with Crippen LogP contribution in [0.15, 0.2) is 50.9 Å². The first-order valence-corrected chi connectivity index (χ1v) is 13.2. The van der Waals surface area contributed by atoms with Crippen molar-refractivity contribution in [2.45, 2.75) is 70.0 Å². The zero-order chi connectivity index (χ0) is 28.0. The normalized spacial score (nSPS) is 25.1. The van der Waals surface area contributed by atoms with Crippen LogP contribution in [0.5, 0.6) is 5.75 Å². The number of hydrogen-bond donors (Lipinski definition) is 2. The first-order valence-electron chi connectivity index (χ1n) is 11.7. The van der Waals surface area contributed by atoms with Crippen LogP contribution in [0.4, 0.5) is 4.39 Å². The molecule has 15 heteroatoms. The Morgan fingerprint density at radius 2 is 2.08 bits per heavy atom. The van der Waals surface area contributed by atoms with Crippen LogP contribution in [0.1, 0.15) is 39.8 Å². The van der Waals surface area contributed by atoms with Crippen molar-refractivity contribution in [1.29, 1.82) is 0 Å². The van der Waals surface area contributed by atoms with Crippen molar-refractivity contribution >= 4 is 25.7 Å². The van der Waals surface area contributed by atoms with Crippen molar-refractivity contribution in [3.05, 3.63) is 62.4 Å². The van der Waals surface area contributed by atoms with E-state index in [1.165, 1.54) is 12.1 Å². The van der Waals surface area contributed by atoms with Crippen molar-refractivity contribution in [2.75, 3.05) is 6.61 Å². The number of benzene rings is 1. The van der Waals surface area contributed by atoms with Gasteiger partial charge in [0.2, 0.25) is 0 Å². The summed E-state index contributed by atoms with van der Waals surface area (Å²) in [6.07, 6.45) is -5.47. The number of esters is 1. The number of aliphatic hydroxyl groups excluding tert-OH is 1. The van der Waals surface area contributed by atoms with Crippen LogP contribution in [0.25, 0.3) is 0 Å². The van der Waals surface area contributed by atoms with Gasteiger partial charge in [-0.05, 0) is 25.5 Å². The van der Waals surface area contributed by atoms with Crippen LogP contribution in [-0.2, 0) is 18.8 Å². The van der Waals surface area contributed by atoms with Crippen molar-refractivity contribution < 1.29 is 37.9 Å². The second-order valence-corrected chi connectivity index (χ2v) is 9.87. The summed E-state index contributed by atoms with van der Waals surface area (Å²) in [5.74, 6) is -0.407. The maximum absolute atomic E-state index is 15.8. The number of carbonyl (C=O) groups excluding carboxylic acids is 1. The molecule has 2 N–H and O–H groups in total. The highest BCUT2D eigenvalue weighted by atomic mass is 35.5. The number of nitrogens with one attached hydrogen (secondary N) is 1. The molecule has 0 aliphatic carbocycles. The third-order valence-electron chi connectivity index (χ3n) is 5.76. The van der Waals surface area contributed by atoms with Gasteiger partial charge in [0.25, 0.3) is 11.8 Å². The van der Waals surface area contributed by atoms with Gasteiger partial charge in [-0.25, -0.2) is 9.18 Å². The van der Waals surface area contributed by atoms with E-state index in [4.69, 9.17) is 30.3 Å². The van der Waals surface area contributed by atoms with Crippen LogP contribution < -0.4 is 20.9 Å². The molecule has 12 nitrogen and oxygen atoms in total. The highest BCUT2D eigenvalue weighted by molar-refractivity contribution is 7.33. The van der Waals surface area contributed by atoms with Gasteiger partial charge in [0.05, 0.1) is 5.02 Å². The van der Waals surface area contributed by atoms with E-state index >= 15 is 4.39 Å². The van der Waals surface area contributed by atoms with Gasteiger partial charge in [0.1, 0.15) is 24.5 Å². The van der Waals surface area contributed by atoms with Crippen LogP contribution in [0.3, 0.4) is 0 Å². The Labute approximate surface area is 222 Å². The van der Waals surface area contributed by atoms with E-state index in [9.17, 15) is 24.4 Å². The molecule has 0 radical (unpaired) electrons. The lowest BCUT2D eigenvalue weighted by molar-refractivity contribution is -0.206. The molecule has 2 unspecified atom stereocenters. The molecular weight excluding hydrogens is 548 g/mol. The van der Waals surface area contributed by atoms with Crippen LogP contribution >= 0.6 is 19.8 Å². The Kier molecular flexibility index (Phi) is 10.2. The SMILES string of the molecule is CCC(=O)OC[C@H](CC)N=[P+]([O-])OC(Oc1ccccc1Cl)[C@@H]1O[C@@H](n2ccc(=O)[nH]c2=O)[C@](C)(F)[C@@H]1O. The standard InChI is InChI=1S/C23H28ClFN3O9P/c1-4-13(12-34-17(30)5-2)27-38(33)37-20(35-15-9-7-6-8-14(15)24)18-19(31)23(3,25)21(36-18)28-11-10-16(29)26-22(28)32/h6-11,13,18-21,31H,4-5,12H2,1-3H3,(H,26,29,32)/t13-,18+,19+,20?,21+,23+/m0/s1. The monoisotopic (exact) mass is 575 g/mol. The van der Waals surface area contributed by atoms with Gasteiger partial charge in [0.15, 0.2) is 18.0 Å². The number of rotatable bonds is 11. The molecule has 1 saturated heterocycles. The van der Waals surface area contributed by atoms with Crippen molar-refractivity contribution in [3.63, 3.8) is 0 Å². The van der Waals surface area contributed by atoms with Gasteiger partial charge >= 0.3 is 19.8 Å². The molecule has 0 spiro atoms. The predicted molar refractivity (Wildman–Crippen MR) is 132 cm³/mol. The molecule has 1 fully saturated rings. The summed E-state index contributed by atoms with van der Waals surface area (Å²) in [4.78, 5) is 50.1. The lowest BCUT2D eigenvalue weighted by Gasteiger charge is -2.25. The molecule has 0 bridgehead atoms. The zero-order valence-electron chi connectivity index (χ0n) is 20.8. The molecule has 1 aromatic carbocycles. The average molecular weight is 576 g/mol. The van der Waals surface area contributed by atoms with Crippen molar-refractivity contribution in [2.24, 2.45) is 4.74 Å². The summed E-state index contributed by atoms with van der Waals surface area (Å²) in [5, 5.41) is 11.0. The minimum atomic E-state index is -2.87. The number of nitrogens with zero attached hydrogens (tertiary/aromatic N) is 2. The fraction of sp³-hybridized carbons (Fsp3) is 0.522. The third kappa shape index (κ3) is 7.04. The fourth-order valence-electron chi connectivity index (χ4n) is 3.57. The summed E-state index contributed by atoms with van der Waals surface area (Å²) in [5.41, 5.74) is -4.27. The minimum absolute atomic E-state index is 0.0486.